The quantitative estimate of drug-likeness (QED) is 0.856. The van der Waals surface area contributed by atoms with Crippen molar-refractivity contribution in [3.63, 3.8) is 0 Å². The maximum absolute atomic E-state index is 12.4. The first-order chi connectivity index (χ1) is 9.40. The summed E-state index contributed by atoms with van der Waals surface area (Å²) in [5, 5.41) is 8.98. The fraction of sp³-hybridized carbons (Fsp3) is 0.933. The summed E-state index contributed by atoms with van der Waals surface area (Å²) in [6.45, 7) is 8.61. The number of hydrogen-bond donors (Lipinski definition) is 1. The molecule has 2 fully saturated rings. The van der Waals surface area contributed by atoms with Crippen molar-refractivity contribution >= 4 is 6.09 Å². The highest BCUT2D eigenvalue weighted by Gasteiger charge is 2.40. The molecule has 0 radical (unpaired) electrons. The first-order valence-corrected chi connectivity index (χ1v) is 7.75. The van der Waals surface area contributed by atoms with Gasteiger partial charge in [-0.2, -0.15) is 0 Å². The molecular weight excluding hydrogens is 256 g/mol. The second-order valence-electron chi connectivity index (χ2n) is 6.92. The van der Waals surface area contributed by atoms with E-state index in [-0.39, 0.29) is 12.7 Å². The monoisotopic (exact) mass is 284 g/mol. The Morgan fingerprint density at radius 2 is 1.75 bits per heavy atom. The molecule has 2 aliphatic rings. The van der Waals surface area contributed by atoms with Crippen LogP contribution in [0.5, 0.6) is 0 Å². The highest BCUT2D eigenvalue weighted by molar-refractivity contribution is 5.69. The van der Waals surface area contributed by atoms with E-state index in [2.05, 4.69) is 4.90 Å². The van der Waals surface area contributed by atoms with E-state index in [0.29, 0.717) is 12.1 Å². The largest absolute Gasteiger partial charge is 0.444 e. The van der Waals surface area contributed by atoms with Crippen molar-refractivity contribution in [2.45, 2.75) is 64.1 Å². The average molecular weight is 284 g/mol. The Bertz CT molecular complexity index is 329. The lowest BCUT2D eigenvalue weighted by Gasteiger charge is -2.39. The lowest BCUT2D eigenvalue weighted by molar-refractivity contribution is 0.00510. The predicted molar refractivity (Wildman–Crippen MR) is 77.6 cm³/mol. The normalized spacial score (nSPS) is 21.8. The standard InChI is InChI=1S/C15H28N2O3/c1-15(2,3)20-14(19)17(12-4-5-12)13-6-8-16(9-7-13)10-11-18/h12-13,18H,4-11H2,1-3H3. The number of carbonyl (C=O) groups is 1. The number of carbonyl (C=O) groups excluding carboxylic acids is 1. The van der Waals surface area contributed by atoms with Crippen LogP contribution >= 0.6 is 0 Å². The van der Waals surface area contributed by atoms with Crippen LogP contribution in [0.1, 0.15) is 46.5 Å². The Morgan fingerprint density at radius 3 is 2.20 bits per heavy atom. The van der Waals surface area contributed by atoms with Crippen LogP contribution in [0.3, 0.4) is 0 Å². The molecule has 1 heterocycles. The Kier molecular flexibility index (Phi) is 4.91. The van der Waals surface area contributed by atoms with E-state index in [9.17, 15) is 4.79 Å². The second kappa shape index (κ2) is 6.31. The summed E-state index contributed by atoms with van der Waals surface area (Å²) >= 11 is 0. The molecule has 1 amide bonds. The average Bonchev–Trinajstić information content (AvgIpc) is 3.14. The minimum Gasteiger partial charge on any atom is -0.444 e. The molecule has 0 aromatic carbocycles. The summed E-state index contributed by atoms with van der Waals surface area (Å²) in [5.74, 6) is 0. The van der Waals surface area contributed by atoms with Crippen LogP contribution in [0, 0.1) is 0 Å². The maximum atomic E-state index is 12.4. The van der Waals surface area contributed by atoms with E-state index in [1.54, 1.807) is 0 Å². The summed E-state index contributed by atoms with van der Waals surface area (Å²) in [4.78, 5) is 16.6. The van der Waals surface area contributed by atoms with Crippen molar-refractivity contribution in [3.05, 3.63) is 0 Å². The summed E-state index contributed by atoms with van der Waals surface area (Å²) in [6, 6.07) is 0.687. The fourth-order valence-corrected chi connectivity index (χ4v) is 2.83. The van der Waals surface area contributed by atoms with Gasteiger partial charge in [0.25, 0.3) is 0 Å². The molecule has 0 unspecified atom stereocenters. The minimum atomic E-state index is -0.429. The number of ether oxygens (including phenoxy) is 1. The molecule has 0 spiro atoms. The summed E-state index contributed by atoms with van der Waals surface area (Å²) in [7, 11) is 0. The van der Waals surface area contributed by atoms with Crippen LogP contribution < -0.4 is 0 Å². The van der Waals surface area contributed by atoms with Crippen LogP contribution in [-0.2, 0) is 4.74 Å². The zero-order valence-electron chi connectivity index (χ0n) is 13.0. The van der Waals surface area contributed by atoms with Gasteiger partial charge >= 0.3 is 6.09 Å². The number of aliphatic hydroxyl groups excluding tert-OH is 1. The number of amides is 1. The molecule has 0 bridgehead atoms. The fourth-order valence-electron chi connectivity index (χ4n) is 2.83. The molecular formula is C15H28N2O3. The lowest BCUT2D eigenvalue weighted by Crippen LogP contribution is -2.50. The van der Waals surface area contributed by atoms with Crippen LogP contribution in [0.15, 0.2) is 0 Å². The molecule has 1 aliphatic heterocycles. The Morgan fingerprint density at radius 1 is 1.20 bits per heavy atom. The van der Waals surface area contributed by atoms with Crippen LogP contribution in [0.25, 0.3) is 0 Å². The van der Waals surface area contributed by atoms with E-state index in [4.69, 9.17) is 9.84 Å². The van der Waals surface area contributed by atoms with Crippen molar-refractivity contribution in [1.82, 2.24) is 9.80 Å². The second-order valence-corrected chi connectivity index (χ2v) is 6.92. The number of β-amino-alcohol motifs (C(OH)–C–C–N with tert-alkyl or cyclic N) is 1. The van der Waals surface area contributed by atoms with Crippen LogP contribution in [0.4, 0.5) is 4.79 Å². The molecule has 20 heavy (non-hydrogen) atoms. The van der Waals surface area contributed by atoms with Gasteiger partial charge in [0.15, 0.2) is 0 Å². The van der Waals surface area contributed by atoms with E-state index in [1.807, 2.05) is 25.7 Å². The first kappa shape index (κ1) is 15.6. The maximum Gasteiger partial charge on any atom is 0.410 e. The highest BCUT2D eigenvalue weighted by atomic mass is 16.6. The topological polar surface area (TPSA) is 53.0 Å². The van der Waals surface area contributed by atoms with Crippen molar-refractivity contribution in [1.29, 1.82) is 0 Å². The number of rotatable bonds is 4. The van der Waals surface area contributed by atoms with Gasteiger partial charge in [-0.05, 0) is 46.5 Å². The zero-order valence-corrected chi connectivity index (χ0v) is 13.0. The van der Waals surface area contributed by atoms with E-state index < -0.39 is 5.60 Å². The van der Waals surface area contributed by atoms with Crippen molar-refractivity contribution in [2.24, 2.45) is 0 Å². The van der Waals surface area contributed by atoms with Crippen molar-refractivity contribution < 1.29 is 14.6 Å². The molecule has 1 N–H and O–H groups in total. The van der Waals surface area contributed by atoms with Crippen molar-refractivity contribution in [3.8, 4) is 0 Å². The third-order valence-corrected chi connectivity index (χ3v) is 3.91. The third kappa shape index (κ3) is 4.35. The first-order valence-electron chi connectivity index (χ1n) is 7.75. The third-order valence-electron chi connectivity index (χ3n) is 3.91. The van der Waals surface area contributed by atoms with E-state index >= 15 is 0 Å². The molecule has 0 atom stereocenters. The smallest absolute Gasteiger partial charge is 0.410 e. The Labute approximate surface area is 121 Å². The van der Waals surface area contributed by atoms with E-state index in [0.717, 1.165) is 45.3 Å². The Hall–Kier alpha value is -0.810. The summed E-state index contributed by atoms with van der Waals surface area (Å²) in [5.41, 5.74) is -0.429. The molecule has 0 aromatic heterocycles. The number of aliphatic hydroxyl groups is 1. The molecule has 5 nitrogen and oxygen atoms in total. The van der Waals surface area contributed by atoms with Crippen molar-refractivity contribution in [2.75, 3.05) is 26.2 Å². The lowest BCUT2D eigenvalue weighted by atomic mass is 10.0. The molecule has 1 aliphatic carbocycles. The number of likely N-dealkylation sites (tertiary alicyclic amines) is 1. The van der Waals surface area contributed by atoms with Gasteiger partial charge in [-0.25, -0.2) is 4.79 Å². The van der Waals surface area contributed by atoms with Gasteiger partial charge in [0.05, 0.1) is 6.61 Å². The van der Waals surface area contributed by atoms with E-state index in [1.165, 1.54) is 0 Å². The van der Waals surface area contributed by atoms with Gasteiger partial charge in [-0.3, -0.25) is 0 Å². The Balaban J connectivity index is 1.91. The molecule has 1 saturated heterocycles. The van der Waals surface area contributed by atoms with Gasteiger partial charge in [0.1, 0.15) is 5.60 Å². The molecule has 2 rings (SSSR count). The molecule has 116 valence electrons. The SMILES string of the molecule is CC(C)(C)OC(=O)N(C1CC1)C1CCN(CCO)CC1. The predicted octanol–water partition coefficient (Wildman–Crippen LogP) is 1.84. The van der Waals surface area contributed by atoms with Gasteiger partial charge < -0.3 is 19.6 Å². The van der Waals surface area contributed by atoms with Gasteiger partial charge in [0, 0.05) is 31.7 Å². The molecule has 1 saturated carbocycles. The van der Waals surface area contributed by atoms with Crippen LogP contribution in [0.2, 0.25) is 0 Å². The molecule has 0 aromatic rings. The van der Waals surface area contributed by atoms with Gasteiger partial charge in [0.2, 0.25) is 0 Å². The summed E-state index contributed by atoms with van der Waals surface area (Å²) in [6.07, 6.45) is 4.03. The highest BCUT2D eigenvalue weighted by Crippen LogP contribution is 2.33. The number of piperidine rings is 1. The number of hydrogen-bond acceptors (Lipinski definition) is 4. The zero-order chi connectivity index (χ0) is 14.8. The molecule has 5 heteroatoms. The van der Waals surface area contributed by atoms with Gasteiger partial charge in [-0.1, -0.05) is 0 Å². The van der Waals surface area contributed by atoms with Gasteiger partial charge in [-0.15, -0.1) is 0 Å². The summed E-state index contributed by atoms with van der Waals surface area (Å²) < 4.78 is 5.56. The minimum absolute atomic E-state index is 0.152. The van der Waals surface area contributed by atoms with Crippen LogP contribution in [-0.4, -0.2) is 64.9 Å². The number of nitrogens with zero attached hydrogens (tertiary/aromatic N) is 2.